The minimum atomic E-state index is 0.0987. The van der Waals surface area contributed by atoms with Gasteiger partial charge in [-0.2, -0.15) is 5.26 Å². The third-order valence-electron chi connectivity index (χ3n) is 4.72. The molecule has 22 heavy (non-hydrogen) atoms. The van der Waals surface area contributed by atoms with Gasteiger partial charge in [0.15, 0.2) is 0 Å². The van der Waals surface area contributed by atoms with E-state index in [0.717, 1.165) is 17.8 Å². The highest BCUT2D eigenvalue weighted by atomic mass is 16.3. The number of benzene rings is 1. The monoisotopic (exact) mass is 295 g/mol. The lowest BCUT2D eigenvalue weighted by Crippen LogP contribution is -2.15. The molecule has 4 nitrogen and oxygen atoms in total. The van der Waals surface area contributed by atoms with Crippen molar-refractivity contribution in [3.63, 3.8) is 0 Å². The molecular weight excluding hydrogens is 274 g/mol. The first-order valence-electron chi connectivity index (χ1n) is 7.89. The fraction of sp³-hybridized carbons (Fsp3) is 0.444. The molecule has 1 fully saturated rings. The topological polar surface area (TPSA) is 72.7 Å². The van der Waals surface area contributed by atoms with Crippen molar-refractivity contribution in [3.05, 3.63) is 47.0 Å². The van der Waals surface area contributed by atoms with Crippen LogP contribution in [0.15, 0.2) is 24.4 Å². The van der Waals surface area contributed by atoms with Crippen molar-refractivity contribution in [1.29, 1.82) is 5.26 Å². The molecule has 3 rings (SSSR count). The quantitative estimate of drug-likeness (QED) is 0.904. The Balaban J connectivity index is 1.58. The lowest BCUT2D eigenvalue weighted by molar-refractivity contribution is 0.321. The number of hydrogen-bond donors (Lipinski definition) is 2. The van der Waals surface area contributed by atoms with E-state index >= 15 is 0 Å². The first-order valence-corrected chi connectivity index (χ1v) is 7.89. The van der Waals surface area contributed by atoms with Gasteiger partial charge in [0.2, 0.25) is 0 Å². The van der Waals surface area contributed by atoms with E-state index in [1.54, 1.807) is 12.1 Å². The number of nitriles is 1. The van der Waals surface area contributed by atoms with Crippen LogP contribution in [0.5, 0.6) is 5.75 Å². The highest BCUT2D eigenvalue weighted by Gasteiger charge is 2.23. The lowest BCUT2D eigenvalue weighted by atomic mass is 9.78. The maximum Gasteiger partial charge on any atom is 0.133 e. The Bertz CT molecular complexity index is 691. The highest BCUT2D eigenvalue weighted by Crippen LogP contribution is 2.36. The Morgan fingerprint density at radius 2 is 2.09 bits per heavy atom. The number of nitrogens with zero attached hydrogens (tertiary/aromatic N) is 2. The molecule has 0 aliphatic heterocycles. The molecule has 0 radical (unpaired) electrons. The largest absolute Gasteiger partial charge is 0.507 e. The van der Waals surface area contributed by atoms with Crippen molar-refractivity contribution in [1.82, 2.24) is 9.97 Å². The molecule has 0 unspecified atom stereocenters. The summed E-state index contributed by atoms with van der Waals surface area (Å²) in [5, 5.41) is 18.6. The number of aromatic hydroxyl groups is 1. The Kier molecular flexibility index (Phi) is 4.15. The summed E-state index contributed by atoms with van der Waals surface area (Å²) in [4.78, 5) is 7.65. The van der Waals surface area contributed by atoms with Gasteiger partial charge in [-0.25, -0.2) is 4.98 Å². The molecule has 0 atom stereocenters. The third kappa shape index (κ3) is 3.14. The number of phenols is 1. The average Bonchev–Trinajstić information content (AvgIpc) is 2.95. The van der Waals surface area contributed by atoms with Crippen LogP contribution in [-0.4, -0.2) is 15.1 Å². The van der Waals surface area contributed by atoms with Crippen molar-refractivity contribution in [2.24, 2.45) is 5.92 Å². The van der Waals surface area contributed by atoms with Crippen molar-refractivity contribution in [2.75, 3.05) is 0 Å². The van der Waals surface area contributed by atoms with E-state index in [9.17, 15) is 5.11 Å². The van der Waals surface area contributed by atoms with Crippen LogP contribution < -0.4 is 0 Å². The van der Waals surface area contributed by atoms with Gasteiger partial charge in [-0.05, 0) is 62.6 Å². The van der Waals surface area contributed by atoms with E-state index in [2.05, 4.69) is 9.97 Å². The number of H-pyrrole nitrogens is 1. The van der Waals surface area contributed by atoms with Crippen molar-refractivity contribution >= 4 is 0 Å². The summed E-state index contributed by atoms with van der Waals surface area (Å²) in [6, 6.07) is 7.40. The summed E-state index contributed by atoms with van der Waals surface area (Å²) >= 11 is 0. The van der Waals surface area contributed by atoms with Crippen LogP contribution in [0.1, 0.15) is 54.2 Å². The van der Waals surface area contributed by atoms with Crippen LogP contribution >= 0.6 is 0 Å². The number of imidazole rings is 1. The second kappa shape index (κ2) is 6.23. The number of nitrogens with one attached hydrogen (secondary N) is 1. The predicted octanol–water partition coefficient (Wildman–Crippen LogP) is 3.81. The zero-order chi connectivity index (χ0) is 15.5. The zero-order valence-corrected chi connectivity index (χ0v) is 12.8. The van der Waals surface area contributed by atoms with Crippen molar-refractivity contribution in [3.8, 4) is 11.8 Å². The molecule has 1 saturated carbocycles. The van der Waals surface area contributed by atoms with Gasteiger partial charge in [0.25, 0.3) is 0 Å². The summed E-state index contributed by atoms with van der Waals surface area (Å²) in [5.74, 6) is 2.35. The van der Waals surface area contributed by atoms with Gasteiger partial charge < -0.3 is 10.1 Å². The van der Waals surface area contributed by atoms with E-state index in [-0.39, 0.29) is 5.75 Å². The number of hydrogen-bond acceptors (Lipinski definition) is 3. The van der Waals surface area contributed by atoms with Crippen LogP contribution in [0.3, 0.4) is 0 Å². The molecule has 4 heteroatoms. The molecule has 1 aromatic heterocycles. The maximum atomic E-state index is 9.78. The highest BCUT2D eigenvalue weighted by molar-refractivity contribution is 5.44. The maximum absolute atomic E-state index is 9.78. The Morgan fingerprint density at radius 3 is 2.68 bits per heavy atom. The van der Waals surface area contributed by atoms with Gasteiger partial charge in [-0.15, -0.1) is 0 Å². The SMILES string of the molecule is Cc1ncc(C2CCC(Cc3ccc(C#N)c(O)c3)CC2)[nH]1. The summed E-state index contributed by atoms with van der Waals surface area (Å²) < 4.78 is 0. The van der Waals surface area contributed by atoms with Gasteiger partial charge in [0.05, 0.1) is 5.56 Å². The summed E-state index contributed by atoms with van der Waals surface area (Å²) in [5.41, 5.74) is 2.74. The van der Waals surface area contributed by atoms with Gasteiger partial charge >= 0.3 is 0 Å². The Labute approximate surface area is 130 Å². The van der Waals surface area contributed by atoms with E-state index < -0.39 is 0 Å². The number of phenolic OH excluding ortho intramolecular Hbond substituents is 1. The molecule has 0 saturated heterocycles. The normalized spacial score (nSPS) is 21.5. The van der Waals surface area contributed by atoms with Gasteiger partial charge in [0, 0.05) is 17.8 Å². The van der Waals surface area contributed by atoms with Crippen LogP contribution in [0.25, 0.3) is 0 Å². The van der Waals surface area contributed by atoms with Crippen molar-refractivity contribution < 1.29 is 5.11 Å². The molecule has 2 aromatic rings. The molecular formula is C18H21N3O. The Morgan fingerprint density at radius 1 is 1.32 bits per heavy atom. The molecule has 0 spiro atoms. The summed E-state index contributed by atoms with van der Waals surface area (Å²) in [7, 11) is 0. The number of aromatic nitrogens is 2. The molecule has 0 bridgehead atoms. The van der Waals surface area contributed by atoms with Crippen LogP contribution in [-0.2, 0) is 6.42 Å². The van der Waals surface area contributed by atoms with Gasteiger partial charge in [0.1, 0.15) is 17.6 Å². The predicted molar refractivity (Wildman–Crippen MR) is 84.5 cm³/mol. The number of aromatic amines is 1. The average molecular weight is 295 g/mol. The van der Waals surface area contributed by atoms with E-state index in [0.29, 0.717) is 17.4 Å². The van der Waals surface area contributed by atoms with E-state index in [4.69, 9.17) is 5.26 Å². The fourth-order valence-electron chi connectivity index (χ4n) is 3.46. The molecule has 0 amide bonds. The zero-order valence-electron chi connectivity index (χ0n) is 12.8. The molecule has 114 valence electrons. The lowest BCUT2D eigenvalue weighted by Gasteiger charge is -2.28. The van der Waals surface area contributed by atoms with E-state index in [1.807, 2.05) is 25.3 Å². The number of rotatable bonds is 3. The first-order chi connectivity index (χ1) is 10.7. The molecule has 1 heterocycles. The van der Waals surface area contributed by atoms with Crippen molar-refractivity contribution in [2.45, 2.75) is 44.9 Å². The summed E-state index contributed by atoms with van der Waals surface area (Å²) in [6.07, 6.45) is 7.73. The second-order valence-electron chi connectivity index (χ2n) is 6.31. The van der Waals surface area contributed by atoms with Crippen LogP contribution in [0.2, 0.25) is 0 Å². The van der Waals surface area contributed by atoms with Crippen LogP contribution in [0.4, 0.5) is 0 Å². The third-order valence-corrected chi connectivity index (χ3v) is 4.72. The molecule has 1 aromatic carbocycles. The fourth-order valence-corrected chi connectivity index (χ4v) is 3.46. The minimum absolute atomic E-state index is 0.0987. The minimum Gasteiger partial charge on any atom is -0.507 e. The number of aryl methyl sites for hydroxylation is 1. The molecule has 1 aliphatic rings. The standard InChI is InChI=1S/C18H21N3O/c1-12-20-11-17(21-12)15-5-2-13(3-6-15)8-14-4-7-16(10-19)18(22)9-14/h4,7,9,11,13,15,22H,2-3,5-6,8H2,1H3,(H,20,21). The molecule has 1 aliphatic carbocycles. The van der Waals surface area contributed by atoms with Gasteiger partial charge in [-0.3, -0.25) is 0 Å². The summed E-state index contributed by atoms with van der Waals surface area (Å²) in [6.45, 7) is 1.99. The van der Waals surface area contributed by atoms with E-state index in [1.165, 1.54) is 31.4 Å². The molecule has 2 N–H and O–H groups in total. The van der Waals surface area contributed by atoms with Gasteiger partial charge in [-0.1, -0.05) is 6.07 Å². The Hall–Kier alpha value is -2.28. The second-order valence-corrected chi connectivity index (χ2v) is 6.31. The smallest absolute Gasteiger partial charge is 0.133 e. The van der Waals surface area contributed by atoms with Crippen LogP contribution in [0, 0.1) is 24.2 Å². The first kappa shape index (κ1) is 14.6.